The number of hydrogen-bond acceptors (Lipinski definition) is 3. The van der Waals surface area contributed by atoms with Crippen LogP contribution < -0.4 is 0 Å². The highest BCUT2D eigenvalue weighted by atomic mass is 32.1. The van der Waals surface area contributed by atoms with E-state index in [4.69, 9.17) is 0 Å². The second kappa shape index (κ2) is 5.20. The van der Waals surface area contributed by atoms with Gasteiger partial charge in [-0.15, -0.1) is 11.3 Å². The lowest BCUT2D eigenvalue weighted by Gasteiger charge is -2.05. The maximum atomic E-state index is 4.49. The molecular weight excluding hydrogens is 186 g/mol. The number of isothiocyanates is 1. The van der Waals surface area contributed by atoms with E-state index in [1.165, 1.54) is 4.88 Å². The Morgan fingerprint density at radius 1 is 1.75 bits per heavy atom. The number of rotatable bonds is 4. The summed E-state index contributed by atoms with van der Waals surface area (Å²) < 4.78 is 0. The molecular formula is C9H11NS2. The maximum Gasteiger partial charge on any atom is 0.0584 e. The van der Waals surface area contributed by atoms with Crippen molar-refractivity contribution < 1.29 is 0 Å². The lowest BCUT2D eigenvalue weighted by atomic mass is 10.1. The molecule has 0 aliphatic heterocycles. The Morgan fingerprint density at radius 3 is 3.17 bits per heavy atom. The van der Waals surface area contributed by atoms with Crippen LogP contribution in [0, 0.1) is 0 Å². The standard InChI is InChI=1S/C9H11NS2/c1-8(4-5-10-7-11)9-3-2-6-12-9/h2-3,6,8H,4-5H2,1H3. The molecule has 0 fully saturated rings. The van der Waals surface area contributed by atoms with Crippen LogP contribution in [0.25, 0.3) is 0 Å². The molecule has 0 bridgehead atoms. The van der Waals surface area contributed by atoms with Crippen molar-refractivity contribution in [1.29, 1.82) is 0 Å². The fourth-order valence-electron chi connectivity index (χ4n) is 1.02. The van der Waals surface area contributed by atoms with Crippen molar-refractivity contribution in [3.05, 3.63) is 22.4 Å². The van der Waals surface area contributed by atoms with Crippen LogP contribution in [0.4, 0.5) is 0 Å². The van der Waals surface area contributed by atoms with Crippen LogP contribution in [-0.2, 0) is 0 Å². The molecule has 0 spiro atoms. The van der Waals surface area contributed by atoms with Crippen LogP contribution in [0.15, 0.2) is 22.5 Å². The van der Waals surface area contributed by atoms with Gasteiger partial charge in [0, 0.05) is 11.4 Å². The predicted octanol–water partition coefficient (Wildman–Crippen LogP) is 3.34. The van der Waals surface area contributed by atoms with Gasteiger partial charge in [-0.05, 0) is 36.0 Å². The Morgan fingerprint density at radius 2 is 2.58 bits per heavy atom. The fraction of sp³-hybridized carbons (Fsp3) is 0.444. The Kier molecular flexibility index (Phi) is 4.15. The van der Waals surface area contributed by atoms with Crippen LogP contribution in [-0.4, -0.2) is 11.7 Å². The van der Waals surface area contributed by atoms with Crippen LogP contribution in [0.1, 0.15) is 24.1 Å². The van der Waals surface area contributed by atoms with E-state index in [1.54, 1.807) is 11.3 Å². The summed E-state index contributed by atoms with van der Waals surface area (Å²) in [5, 5.41) is 4.49. The number of aliphatic imine (C=N–C) groups is 1. The fourth-order valence-corrected chi connectivity index (χ4v) is 1.93. The minimum absolute atomic E-state index is 0.595. The summed E-state index contributed by atoms with van der Waals surface area (Å²) in [4.78, 5) is 5.32. The first-order valence-corrected chi connectivity index (χ1v) is 5.20. The SMILES string of the molecule is CC(CCN=C=S)c1cccs1. The summed E-state index contributed by atoms with van der Waals surface area (Å²) in [5.41, 5.74) is 0. The van der Waals surface area contributed by atoms with Crippen LogP contribution in [0.3, 0.4) is 0 Å². The second-order valence-corrected chi connectivity index (χ2v) is 3.84. The van der Waals surface area contributed by atoms with Crippen molar-refractivity contribution in [3.8, 4) is 0 Å². The largest absolute Gasteiger partial charge is 0.233 e. The predicted molar refractivity (Wildman–Crippen MR) is 57.2 cm³/mol. The third-order valence-corrected chi connectivity index (χ3v) is 3.00. The van der Waals surface area contributed by atoms with E-state index in [0.29, 0.717) is 5.92 Å². The van der Waals surface area contributed by atoms with Gasteiger partial charge in [-0.2, -0.15) is 0 Å². The van der Waals surface area contributed by atoms with Gasteiger partial charge in [-0.1, -0.05) is 13.0 Å². The summed E-state index contributed by atoms with van der Waals surface area (Å²) in [7, 11) is 0. The minimum Gasteiger partial charge on any atom is -0.233 e. The zero-order valence-corrected chi connectivity index (χ0v) is 8.62. The first-order valence-electron chi connectivity index (χ1n) is 3.91. The van der Waals surface area contributed by atoms with Crippen molar-refractivity contribution in [2.75, 3.05) is 6.54 Å². The molecule has 0 amide bonds. The zero-order valence-electron chi connectivity index (χ0n) is 6.99. The van der Waals surface area contributed by atoms with Crippen molar-refractivity contribution >= 4 is 28.7 Å². The first-order chi connectivity index (χ1) is 5.84. The molecule has 64 valence electrons. The number of nitrogens with zero attached hydrogens (tertiary/aromatic N) is 1. The van der Waals surface area contributed by atoms with Gasteiger partial charge in [-0.25, -0.2) is 4.99 Å². The third-order valence-electron chi connectivity index (χ3n) is 1.77. The summed E-state index contributed by atoms with van der Waals surface area (Å²) in [6.07, 6.45) is 1.06. The van der Waals surface area contributed by atoms with Gasteiger partial charge in [0.05, 0.1) is 5.16 Å². The molecule has 1 aromatic rings. The number of thiocarbonyl (C=S) groups is 1. The average Bonchev–Trinajstić information content (AvgIpc) is 2.56. The summed E-state index contributed by atoms with van der Waals surface area (Å²) in [5.74, 6) is 0.595. The topological polar surface area (TPSA) is 12.4 Å². The lowest BCUT2D eigenvalue weighted by molar-refractivity contribution is 0.704. The first kappa shape index (κ1) is 9.59. The van der Waals surface area contributed by atoms with E-state index >= 15 is 0 Å². The molecule has 0 N–H and O–H groups in total. The van der Waals surface area contributed by atoms with E-state index in [9.17, 15) is 0 Å². The van der Waals surface area contributed by atoms with Crippen molar-refractivity contribution in [3.63, 3.8) is 0 Å². The second-order valence-electron chi connectivity index (χ2n) is 2.68. The Balaban J connectivity index is 2.39. The molecule has 12 heavy (non-hydrogen) atoms. The molecule has 3 heteroatoms. The molecule has 0 aliphatic rings. The lowest BCUT2D eigenvalue weighted by Crippen LogP contribution is -1.92. The van der Waals surface area contributed by atoms with Gasteiger partial charge in [0.15, 0.2) is 0 Å². The van der Waals surface area contributed by atoms with Crippen molar-refractivity contribution in [2.24, 2.45) is 4.99 Å². The molecule has 0 saturated carbocycles. The number of hydrogen-bond donors (Lipinski definition) is 0. The quantitative estimate of drug-likeness (QED) is 0.532. The van der Waals surface area contributed by atoms with Crippen LogP contribution in [0.2, 0.25) is 0 Å². The Bertz CT molecular complexity index is 260. The Labute approximate surface area is 82.2 Å². The molecule has 1 heterocycles. The van der Waals surface area contributed by atoms with Crippen LogP contribution in [0.5, 0.6) is 0 Å². The van der Waals surface area contributed by atoms with Gasteiger partial charge in [-0.3, -0.25) is 0 Å². The summed E-state index contributed by atoms with van der Waals surface area (Å²) >= 11 is 6.29. The van der Waals surface area contributed by atoms with E-state index in [1.807, 2.05) is 0 Å². The average molecular weight is 197 g/mol. The highest BCUT2D eigenvalue weighted by Gasteiger charge is 2.04. The Hall–Kier alpha value is -0.500. The van der Waals surface area contributed by atoms with E-state index in [-0.39, 0.29) is 0 Å². The molecule has 1 nitrogen and oxygen atoms in total. The van der Waals surface area contributed by atoms with E-state index in [2.05, 4.69) is 46.8 Å². The van der Waals surface area contributed by atoms with Crippen molar-refractivity contribution in [1.82, 2.24) is 0 Å². The molecule has 1 rings (SSSR count). The van der Waals surface area contributed by atoms with Gasteiger partial charge in [0.2, 0.25) is 0 Å². The third kappa shape index (κ3) is 2.86. The summed E-state index contributed by atoms with van der Waals surface area (Å²) in [6, 6.07) is 4.25. The number of thiophene rings is 1. The molecule has 1 unspecified atom stereocenters. The van der Waals surface area contributed by atoms with Crippen LogP contribution >= 0.6 is 23.6 Å². The maximum absolute atomic E-state index is 4.49. The molecule has 1 aromatic heterocycles. The summed E-state index contributed by atoms with van der Waals surface area (Å²) in [6.45, 7) is 3.01. The van der Waals surface area contributed by atoms with Gasteiger partial charge in [0.1, 0.15) is 0 Å². The monoisotopic (exact) mass is 197 g/mol. The van der Waals surface area contributed by atoms with Gasteiger partial charge in [0.25, 0.3) is 0 Å². The highest BCUT2D eigenvalue weighted by molar-refractivity contribution is 7.78. The van der Waals surface area contributed by atoms with E-state index in [0.717, 1.165) is 13.0 Å². The molecule has 0 saturated heterocycles. The highest BCUT2D eigenvalue weighted by Crippen LogP contribution is 2.23. The normalized spacial score (nSPS) is 12.1. The van der Waals surface area contributed by atoms with Gasteiger partial charge < -0.3 is 0 Å². The molecule has 1 atom stereocenters. The molecule has 0 radical (unpaired) electrons. The zero-order chi connectivity index (χ0) is 8.81. The van der Waals surface area contributed by atoms with E-state index < -0.39 is 0 Å². The molecule has 0 aliphatic carbocycles. The van der Waals surface area contributed by atoms with Gasteiger partial charge >= 0.3 is 0 Å². The minimum atomic E-state index is 0.595. The molecule has 0 aromatic carbocycles. The smallest absolute Gasteiger partial charge is 0.0584 e. The van der Waals surface area contributed by atoms with Crippen molar-refractivity contribution in [2.45, 2.75) is 19.3 Å².